The van der Waals surface area contributed by atoms with Gasteiger partial charge in [-0.3, -0.25) is 0 Å². The van der Waals surface area contributed by atoms with Crippen molar-refractivity contribution in [3.8, 4) is 11.5 Å². The second-order valence-corrected chi connectivity index (χ2v) is 5.81. The number of hydrogen-bond acceptors (Lipinski definition) is 5. The second-order valence-electron chi connectivity index (χ2n) is 5.40. The second kappa shape index (κ2) is 6.52. The molecule has 0 saturated carbocycles. The predicted molar refractivity (Wildman–Crippen MR) is 91.0 cm³/mol. The van der Waals surface area contributed by atoms with Gasteiger partial charge in [0.05, 0.1) is 25.7 Å². The first-order valence-electron chi connectivity index (χ1n) is 7.57. The first-order valence-corrected chi connectivity index (χ1v) is 7.95. The number of benzene rings is 1. The maximum absolute atomic E-state index is 14.0. The summed E-state index contributed by atoms with van der Waals surface area (Å²) in [6, 6.07) is 8.29. The molecule has 0 unspecified atom stereocenters. The van der Waals surface area contributed by atoms with Gasteiger partial charge in [-0.05, 0) is 24.3 Å². The van der Waals surface area contributed by atoms with Crippen molar-refractivity contribution in [2.24, 2.45) is 0 Å². The van der Waals surface area contributed by atoms with E-state index in [4.69, 9.17) is 16.0 Å². The molecule has 6 nitrogen and oxygen atoms in total. The first-order chi connectivity index (χ1) is 12.2. The molecule has 2 aromatic rings. The zero-order chi connectivity index (χ0) is 17.2. The number of anilines is 1. The molecule has 0 amide bonds. The Labute approximate surface area is 147 Å². The monoisotopic (exact) mass is 357 g/mol. The molecular formula is C17H13ClFN5O. The number of aromatic nitrogens is 4. The summed E-state index contributed by atoms with van der Waals surface area (Å²) in [5.41, 5.74) is 0.984. The van der Waals surface area contributed by atoms with Gasteiger partial charge in [-0.15, -0.1) is 0 Å². The highest BCUT2D eigenvalue weighted by atomic mass is 35.5. The van der Waals surface area contributed by atoms with Crippen molar-refractivity contribution in [1.29, 1.82) is 0 Å². The normalized spacial score (nSPS) is 11.1. The van der Waals surface area contributed by atoms with Crippen molar-refractivity contribution in [1.82, 2.24) is 19.5 Å². The molecule has 8 heteroatoms. The number of nitrogens with zero attached hydrogens (tertiary/aromatic N) is 4. The summed E-state index contributed by atoms with van der Waals surface area (Å²) in [4.78, 5) is 12.9. The number of halogens is 2. The van der Waals surface area contributed by atoms with Crippen LogP contribution < -0.4 is 5.32 Å². The molecule has 0 bridgehead atoms. The summed E-state index contributed by atoms with van der Waals surface area (Å²) in [5, 5.41) is 3.53. The van der Waals surface area contributed by atoms with E-state index in [0.717, 1.165) is 5.76 Å². The van der Waals surface area contributed by atoms with E-state index >= 15 is 0 Å². The van der Waals surface area contributed by atoms with Crippen molar-refractivity contribution in [3.05, 3.63) is 71.4 Å². The smallest absolute Gasteiger partial charge is 0.165 e. The van der Waals surface area contributed by atoms with Crippen LogP contribution in [0, 0.1) is 5.82 Å². The fourth-order valence-electron chi connectivity index (χ4n) is 2.56. The molecule has 1 N–H and O–H groups in total. The zero-order valence-corrected chi connectivity index (χ0v) is 13.7. The van der Waals surface area contributed by atoms with Crippen LogP contribution in [0.3, 0.4) is 0 Å². The van der Waals surface area contributed by atoms with Crippen molar-refractivity contribution < 1.29 is 8.81 Å². The summed E-state index contributed by atoms with van der Waals surface area (Å²) < 4.78 is 21.0. The molecule has 0 spiro atoms. The highest BCUT2D eigenvalue weighted by molar-refractivity contribution is 6.31. The van der Waals surface area contributed by atoms with Gasteiger partial charge in [0.1, 0.15) is 17.9 Å². The van der Waals surface area contributed by atoms with E-state index in [0.29, 0.717) is 34.5 Å². The van der Waals surface area contributed by atoms with Crippen LogP contribution in [0.25, 0.3) is 11.5 Å². The Kier molecular flexibility index (Phi) is 4.07. The summed E-state index contributed by atoms with van der Waals surface area (Å²) >= 11 is 6.11. The number of fused-ring (bicyclic) bond motifs is 1. The van der Waals surface area contributed by atoms with Crippen LogP contribution in [-0.2, 0) is 13.1 Å². The average Bonchev–Trinajstić information content (AvgIpc) is 3.28. The van der Waals surface area contributed by atoms with Crippen molar-refractivity contribution in [2.75, 3.05) is 5.32 Å². The molecule has 2 aliphatic heterocycles. The van der Waals surface area contributed by atoms with Gasteiger partial charge in [-0.25, -0.2) is 19.3 Å². The molecule has 126 valence electrons. The Balaban J connectivity index is 1.63. The van der Waals surface area contributed by atoms with E-state index in [1.54, 1.807) is 29.3 Å². The molecule has 0 saturated heterocycles. The molecular weight excluding hydrogens is 345 g/mol. The highest BCUT2D eigenvalue weighted by Crippen LogP contribution is 2.27. The Morgan fingerprint density at radius 2 is 2.08 bits per heavy atom. The third kappa shape index (κ3) is 3.06. The van der Waals surface area contributed by atoms with Gasteiger partial charge >= 0.3 is 0 Å². The molecule has 0 radical (unpaired) electrons. The zero-order valence-electron chi connectivity index (χ0n) is 13.0. The molecule has 25 heavy (non-hydrogen) atoms. The van der Waals surface area contributed by atoms with E-state index < -0.39 is 0 Å². The van der Waals surface area contributed by atoms with Crippen LogP contribution in [0.4, 0.5) is 10.2 Å². The fraction of sp³-hybridized carbons (Fsp3) is 0.118. The highest BCUT2D eigenvalue weighted by Gasteiger charge is 2.18. The predicted octanol–water partition coefficient (Wildman–Crippen LogP) is 3.82. The van der Waals surface area contributed by atoms with E-state index in [-0.39, 0.29) is 12.4 Å². The standard InChI is InChI=1S/C17H13ClFN5O/c18-13-4-1-5-14(19)12(13)8-24-10-23-16(15-17(24)22-9-21-15)20-7-11-3-2-6-25-11/h1-6,9-10,20H,7-8H2. The lowest BCUT2D eigenvalue weighted by Gasteiger charge is -2.15. The summed E-state index contributed by atoms with van der Waals surface area (Å²) in [6.45, 7) is 0.692. The molecule has 0 aliphatic carbocycles. The Hall–Kier alpha value is -2.93. The van der Waals surface area contributed by atoms with Gasteiger partial charge in [0, 0.05) is 10.6 Å². The number of furan rings is 1. The van der Waals surface area contributed by atoms with Crippen LogP contribution >= 0.6 is 11.6 Å². The fourth-order valence-corrected chi connectivity index (χ4v) is 2.79. The summed E-state index contributed by atoms with van der Waals surface area (Å²) in [7, 11) is 0. The summed E-state index contributed by atoms with van der Waals surface area (Å²) in [6.07, 6.45) is 4.65. The lowest BCUT2D eigenvalue weighted by molar-refractivity contribution is 0.517. The van der Waals surface area contributed by atoms with Gasteiger partial charge in [-0.2, -0.15) is 0 Å². The molecule has 0 atom stereocenters. The average molecular weight is 358 g/mol. The molecule has 1 aromatic carbocycles. The quantitative estimate of drug-likeness (QED) is 0.588. The van der Waals surface area contributed by atoms with Crippen LogP contribution in [-0.4, -0.2) is 19.5 Å². The number of nitrogens with one attached hydrogen (secondary N) is 1. The minimum absolute atomic E-state index is 0.214. The Morgan fingerprint density at radius 3 is 2.88 bits per heavy atom. The summed E-state index contributed by atoms with van der Waals surface area (Å²) in [5.74, 6) is 1.59. The number of imidazole rings is 1. The lowest BCUT2D eigenvalue weighted by Crippen LogP contribution is -2.11. The number of rotatable bonds is 5. The van der Waals surface area contributed by atoms with E-state index in [1.807, 2.05) is 12.1 Å². The van der Waals surface area contributed by atoms with Crippen molar-refractivity contribution in [3.63, 3.8) is 0 Å². The van der Waals surface area contributed by atoms with Crippen molar-refractivity contribution >= 4 is 17.4 Å². The topological polar surface area (TPSA) is 68.8 Å². The Morgan fingerprint density at radius 1 is 1.16 bits per heavy atom. The van der Waals surface area contributed by atoms with Gasteiger partial charge in [0.2, 0.25) is 0 Å². The maximum Gasteiger partial charge on any atom is 0.165 e. The molecule has 3 heterocycles. The van der Waals surface area contributed by atoms with Crippen LogP contribution in [0.5, 0.6) is 0 Å². The third-order valence-electron chi connectivity index (χ3n) is 3.80. The number of hydrogen-bond donors (Lipinski definition) is 1. The maximum atomic E-state index is 14.0. The van der Waals surface area contributed by atoms with Gasteiger partial charge in [-0.1, -0.05) is 17.7 Å². The molecule has 2 aliphatic rings. The SMILES string of the molecule is Fc1cccc(Cl)c1Cn1cnc(NCc2ccco2)c2ncnc1-2. The van der Waals surface area contributed by atoms with Crippen LogP contribution in [0.15, 0.2) is 53.7 Å². The lowest BCUT2D eigenvalue weighted by atomic mass is 10.2. The molecule has 4 rings (SSSR count). The van der Waals surface area contributed by atoms with Gasteiger partial charge in [0.25, 0.3) is 0 Å². The van der Waals surface area contributed by atoms with E-state index in [2.05, 4.69) is 20.3 Å². The van der Waals surface area contributed by atoms with Gasteiger partial charge in [0.15, 0.2) is 17.3 Å². The van der Waals surface area contributed by atoms with Crippen molar-refractivity contribution in [2.45, 2.75) is 13.1 Å². The minimum Gasteiger partial charge on any atom is -0.467 e. The first kappa shape index (κ1) is 15.6. The van der Waals surface area contributed by atoms with Gasteiger partial charge < -0.3 is 14.3 Å². The van der Waals surface area contributed by atoms with E-state index in [1.165, 1.54) is 12.4 Å². The Bertz CT molecular complexity index is 949. The third-order valence-corrected chi connectivity index (χ3v) is 4.16. The van der Waals surface area contributed by atoms with Crippen LogP contribution in [0.1, 0.15) is 11.3 Å². The van der Waals surface area contributed by atoms with Crippen LogP contribution in [0.2, 0.25) is 5.02 Å². The minimum atomic E-state index is -0.368. The largest absolute Gasteiger partial charge is 0.467 e. The molecule has 0 fully saturated rings. The van der Waals surface area contributed by atoms with E-state index in [9.17, 15) is 4.39 Å². The molecule has 1 aromatic heterocycles.